The number of hydroxylamine groups is 1. The molecule has 0 heterocycles. The normalized spacial score (nSPS) is 10.0. The van der Waals surface area contributed by atoms with Crippen LogP contribution in [0.3, 0.4) is 0 Å². The van der Waals surface area contributed by atoms with Crippen molar-refractivity contribution >= 4 is 23.2 Å². The quantitative estimate of drug-likeness (QED) is 0.381. The molecule has 0 saturated carbocycles. The molecule has 0 spiro atoms. The zero-order valence-corrected chi connectivity index (χ0v) is 14.5. The molecule has 10 heteroatoms. The monoisotopic (exact) mass is 375 g/mol. The second-order valence-electron chi connectivity index (χ2n) is 5.34. The van der Waals surface area contributed by atoms with Crippen molar-refractivity contribution in [2.75, 3.05) is 19.5 Å². The number of hydrogen-bond donors (Lipinski definition) is 3. The first kappa shape index (κ1) is 19.7. The van der Waals surface area contributed by atoms with Crippen LogP contribution >= 0.6 is 0 Å². The van der Waals surface area contributed by atoms with Gasteiger partial charge in [-0.25, -0.2) is 5.48 Å². The Balaban J connectivity index is 2.19. The Bertz CT molecular complexity index is 866. The summed E-state index contributed by atoms with van der Waals surface area (Å²) in [6, 6.07) is 8.31. The van der Waals surface area contributed by atoms with E-state index < -0.39 is 16.7 Å². The Morgan fingerprint density at radius 3 is 2.22 bits per heavy atom. The summed E-state index contributed by atoms with van der Waals surface area (Å²) in [6.07, 6.45) is -0.268. The Morgan fingerprint density at radius 2 is 1.70 bits per heavy atom. The average molecular weight is 375 g/mol. The van der Waals surface area contributed by atoms with Gasteiger partial charge in [0.1, 0.15) is 0 Å². The number of nitro benzene ring substituents is 1. The molecule has 3 N–H and O–H groups in total. The van der Waals surface area contributed by atoms with E-state index in [2.05, 4.69) is 5.32 Å². The lowest BCUT2D eigenvalue weighted by molar-refractivity contribution is -0.385. The van der Waals surface area contributed by atoms with Crippen LogP contribution in [0.5, 0.6) is 11.5 Å². The molecule has 10 nitrogen and oxygen atoms in total. The first-order valence-electron chi connectivity index (χ1n) is 7.63. The third-order valence-corrected chi connectivity index (χ3v) is 3.66. The minimum atomic E-state index is -0.686. The fourth-order valence-corrected chi connectivity index (χ4v) is 2.37. The van der Waals surface area contributed by atoms with Gasteiger partial charge in [0, 0.05) is 16.8 Å². The molecule has 0 aromatic heterocycles. The van der Waals surface area contributed by atoms with Crippen LogP contribution < -0.4 is 20.3 Å². The predicted octanol–water partition coefficient (Wildman–Crippen LogP) is 1.91. The Kier molecular flexibility index (Phi) is 6.28. The largest absolute Gasteiger partial charge is 0.493 e. The summed E-state index contributed by atoms with van der Waals surface area (Å²) >= 11 is 0. The van der Waals surface area contributed by atoms with Gasteiger partial charge in [-0.2, -0.15) is 0 Å². The van der Waals surface area contributed by atoms with Gasteiger partial charge >= 0.3 is 0 Å². The number of carbonyl (C=O) groups excluding carboxylic acids is 2. The molecule has 142 valence electrons. The van der Waals surface area contributed by atoms with E-state index in [9.17, 15) is 19.7 Å². The van der Waals surface area contributed by atoms with E-state index in [0.29, 0.717) is 5.69 Å². The lowest BCUT2D eigenvalue weighted by Crippen LogP contribution is -2.19. The summed E-state index contributed by atoms with van der Waals surface area (Å²) < 4.78 is 10.2. The molecule has 2 amide bonds. The smallest absolute Gasteiger partial charge is 0.277 e. The minimum Gasteiger partial charge on any atom is -0.493 e. The van der Waals surface area contributed by atoms with Crippen LogP contribution in [0, 0.1) is 10.1 Å². The number of rotatable bonds is 7. The summed E-state index contributed by atoms with van der Waals surface area (Å²) in [5, 5.41) is 22.4. The molecule has 0 aliphatic carbocycles. The summed E-state index contributed by atoms with van der Waals surface area (Å²) in [5.74, 6) is -0.727. The fraction of sp³-hybridized carbons (Fsp3) is 0.176. The van der Waals surface area contributed by atoms with Crippen LogP contribution in [-0.2, 0) is 11.2 Å². The van der Waals surface area contributed by atoms with Crippen molar-refractivity contribution in [2.24, 2.45) is 0 Å². The first-order valence-corrected chi connectivity index (χ1v) is 7.63. The Hall–Kier alpha value is -3.66. The predicted molar refractivity (Wildman–Crippen MR) is 94.2 cm³/mol. The lowest BCUT2D eigenvalue weighted by Gasteiger charge is -2.11. The van der Waals surface area contributed by atoms with E-state index in [1.165, 1.54) is 56.1 Å². The molecule has 2 rings (SSSR count). The van der Waals surface area contributed by atoms with E-state index in [-0.39, 0.29) is 34.7 Å². The molecule has 0 aliphatic rings. The van der Waals surface area contributed by atoms with Crippen molar-refractivity contribution in [2.45, 2.75) is 6.42 Å². The SMILES string of the molecule is COc1cc(CC(=O)Nc2ccc(C(=O)NO)cc2)c([N+](=O)[O-])cc1OC. The van der Waals surface area contributed by atoms with Gasteiger partial charge in [0.05, 0.1) is 31.6 Å². The van der Waals surface area contributed by atoms with Gasteiger partial charge in [-0.15, -0.1) is 0 Å². The number of methoxy groups -OCH3 is 2. The number of benzene rings is 2. The number of anilines is 1. The lowest BCUT2D eigenvalue weighted by atomic mass is 10.1. The molecule has 0 atom stereocenters. The van der Waals surface area contributed by atoms with Gasteiger partial charge in [-0.3, -0.25) is 24.9 Å². The number of carbonyl (C=O) groups is 2. The Morgan fingerprint density at radius 1 is 1.11 bits per heavy atom. The first-order chi connectivity index (χ1) is 12.9. The molecule has 0 saturated heterocycles. The highest BCUT2D eigenvalue weighted by Gasteiger charge is 2.21. The summed E-state index contributed by atoms with van der Waals surface area (Å²) in [4.78, 5) is 34.2. The van der Waals surface area contributed by atoms with Crippen molar-refractivity contribution in [3.05, 3.63) is 57.6 Å². The van der Waals surface area contributed by atoms with Crippen LogP contribution in [-0.4, -0.2) is 36.2 Å². The van der Waals surface area contributed by atoms with Crippen molar-refractivity contribution in [3.63, 3.8) is 0 Å². The van der Waals surface area contributed by atoms with E-state index in [1.807, 2.05) is 0 Å². The third kappa shape index (κ3) is 4.70. The van der Waals surface area contributed by atoms with Crippen LogP contribution in [0.2, 0.25) is 0 Å². The molecule has 2 aromatic rings. The second kappa shape index (κ2) is 8.63. The standard InChI is InChI=1S/C17H17N3O7/c1-26-14-7-11(13(20(24)25)9-15(14)27-2)8-16(21)18-12-5-3-10(4-6-12)17(22)19-23/h3-7,9,23H,8H2,1-2H3,(H,18,21)(H,19,22). The molecule has 0 radical (unpaired) electrons. The molecule has 2 aromatic carbocycles. The number of amides is 2. The van der Waals surface area contributed by atoms with Gasteiger partial charge in [0.25, 0.3) is 11.6 Å². The number of ether oxygens (including phenoxy) is 2. The highest BCUT2D eigenvalue weighted by molar-refractivity contribution is 5.95. The highest BCUT2D eigenvalue weighted by atomic mass is 16.6. The zero-order chi connectivity index (χ0) is 20.0. The maximum Gasteiger partial charge on any atom is 0.277 e. The van der Waals surface area contributed by atoms with Crippen LogP contribution in [0.25, 0.3) is 0 Å². The Labute approximate surface area is 153 Å². The number of hydrogen-bond acceptors (Lipinski definition) is 7. The van der Waals surface area contributed by atoms with Gasteiger partial charge < -0.3 is 14.8 Å². The maximum absolute atomic E-state index is 12.3. The van der Waals surface area contributed by atoms with E-state index >= 15 is 0 Å². The van der Waals surface area contributed by atoms with Crippen molar-refractivity contribution in [1.82, 2.24) is 5.48 Å². The molecule has 0 bridgehead atoms. The van der Waals surface area contributed by atoms with Crippen molar-refractivity contribution < 1.29 is 29.2 Å². The van der Waals surface area contributed by atoms with Crippen molar-refractivity contribution in [3.8, 4) is 11.5 Å². The van der Waals surface area contributed by atoms with Gasteiger partial charge in [0.15, 0.2) is 11.5 Å². The summed E-state index contributed by atoms with van der Waals surface area (Å²) in [7, 11) is 2.74. The molecule has 0 aliphatic heterocycles. The number of nitrogens with one attached hydrogen (secondary N) is 2. The van der Waals surface area contributed by atoms with E-state index in [4.69, 9.17) is 14.7 Å². The highest BCUT2D eigenvalue weighted by Crippen LogP contribution is 2.34. The number of nitro groups is 1. The average Bonchev–Trinajstić information content (AvgIpc) is 2.67. The molecular formula is C17H17N3O7. The van der Waals surface area contributed by atoms with Gasteiger partial charge in [-0.05, 0) is 30.3 Å². The third-order valence-electron chi connectivity index (χ3n) is 3.66. The fourth-order valence-electron chi connectivity index (χ4n) is 2.37. The van der Waals surface area contributed by atoms with Crippen LogP contribution in [0.1, 0.15) is 15.9 Å². The van der Waals surface area contributed by atoms with E-state index in [0.717, 1.165) is 0 Å². The zero-order valence-electron chi connectivity index (χ0n) is 14.5. The maximum atomic E-state index is 12.3. The number of nitrogens with zero attached hydrogens (tertiary/aromatic N) is 1. The second-order valence-corrected chi connectivity index (χ2v) is 5.34. The summed E-state index contributed by atoms with van der Waals surface area (Å²) in [6.45, 7) is 0. The summed E-state index contributed by atoms with van der Waals surface area (Å²) in [5.41, 5.74) is 1.98. The van der Waals surface area contributed by atoms with Gasteiger partial charge in [-0.1, -0.05) is 0 Å². The van der Waals surface area contributed by atoms with Crippen LogP contribution in [0.4, 0.5) is 11.4 Å². The molecule has 0 fully saturated rings. The molecule has 27 heavy (non-hydrogen) atoms. The molecular weight excluding hydrogens is 358 g/mol. The minimum absolute atomic E-state index is 0.159. The van der Waals surface area contributed by atoms with Gasteiger partial charge in [0.2, 0.25) is 5.91 Å². The van der Waals surface area contributed by atoms with Crippen molar-refractivity contribution in [1.29, 1.82) is 0 Å². The molecule has 0 unspecified atom stereocenters. The topological polar surface area (TPSA) is 140 Å². The van der Waals surface area contributed by atoms with Crippen LogP contribution in [0.15, 0.2) is 36.4 Å². The van der Waals surface area contributed by atoms with E-state index in [1.54, 1.807) is 0 Å².